The minimum atomic E-state index is -0.607. The molecule has 0 aromatic heterocycles. The molecule has 0 saturated heterocycles. The van der Waals surface area contributed by atoms with E-state index >= 15 is 0 Å². The number of carbonyl (C=O) groups is 1. The predicted molar refractivity (Wildman–Crippen MR) is 75.0 cm³/mol. The predicted octanol–water partition coefficient (Wildman–Crippen LogP) is 1.71. The molecule has 1 aromatic rings. The van der Waals surface area contributed by atoms with Crippen molar-refractivity contribution >= 4 is 5.91 Å². The van der Waals surface area contributed by atoms with Crippen molar-refractivity contribution in [2.75, 3.05) is 14.2 Å². The maximum Gasteiger partial charge on any atom is 0.242 e. The molecule has 1 aliphatic rings. The Morgan fingerprint density at radius 3 is 2.68 bits per heavy atom. The fourth-order valence-electron chi connectivity index (χ4n) is 2.23. The van der Waals surface area contributed by atoms with E-state index in [9.17, 15) is 4.79 Å². The second kappa shape index (κ2) is 5.21. The molecule has 104 valence electrons. The summed E-state index contributed by atoms with van der Waals surface area (Å²) in [6.45, 7) is 2.65. The molecule has 0 bridgehead atoms. The van der Waals surface area contributed by atoms with Gasteiger partial charge in [0, 0.05) is 19.2 Å². The van der Waals surface area contributed by atoms with Gasteiger partial charge in [0.2, 0.25) is 5.91 Å². The maximum absolute atomic E-state index is 12.1. The van der Waals surface area contributed by atoms with Gasteiger partial charge in [0.1, 0.15) is 5.75 Å². The van der Waals surface area contributed by atoms with Gasteiger partial charge < -0.3 is 15.4 Å². The first-order valence-corrected chi connectivity index (χ1v) is 6.70. The Balaban J connectivity index is 2.15. The van der Waals surface area contributed by atoms with Crippen molar-refractivity contribution in [3.8, 4) is 5.75 Å². The second-order valence-corrected chi connectivity index (χ2v) is 5.32. The first kappa shape index (κ1) is 13.9. The number of nitrogens with two attached hydrogens (primary N) is 1. The number of nitrogens with zero attached hydrogens (tertiary/aromatic N) is 1. The quantitative estimate of drug-likeness (QED) is 0.879. The van der Waals surface area contributed by atoms with Gasteiger partial charge in [-0.1, -0.05) is 19.1 Å². The summed E-state index contributed by atoms with van der Waals surface area (Å²) in [6.07, 6.45) is 2.56. The number of aryl methyl sites for hydroxylation is 1. The van der Waals surface area contributed by atoms with E-state index in [1.165, 1.54) is 5.56 Å². The van der Waals surface area contributed by atoms with Crippen molar-refractivity contribution in [2.24, 2.45) is 5.73 Å². The third kappa shape index (κ3) is 2.89. The smallest absolute Gasteiger partial charge is 0.242 e. The highest BCUT2D eigenvalue weighted by Crippen LogP contribution is 2.34. The lowest BCUT2D eigenvalue weighted by Crippen LogP contribution is -2.43. The summed E-state index contributed by atoms with van der Waals surface area (Å²) in [5.41, 5.74) is 7.61. The number of ether oxygens (including phenoxy) is 1. The number of amides is 1. The zero-order chi connectivity index (χ0) is 14.0. The summed E-state index contributed by atoms with van der Waals surface area (Å²) in [5, 5.41) is 0. The van der Waals surface area contributed by atoms with Gasteiger partial charge in [-0.05, 0) is 30.9 Å². The summed E-state index contributed by atoms with van der Waals surface area (Å²) in [5.74, 6) is 0.843. The maximum atomic E-state index is 12.1. The summed E-state index contributed by atoms with van der Waals surface area (Å²) in [6, 6.07) is 6.11. The van der Waals surface area contributed by atoms with Crippen LogP contribution in [-0.2, 0) is 17.8 Å². The van der Waals surface area contributed by atoms with Crippen LogP contribution in [0.4, 0.5) is 0 Å². The Hall–Kier alpha value is -1.55. The number of hydrogen-bond donors (Lipinski definition) is 1. The van der Waals surface area contributed by atoms with Crippen LogP contribution in [0.25, 0.3) is 0 Å². The molecule has 1 amide bonds. The Bertz CT molecular complexity index is 481. The largest absolute Gasteiger partial charge is 0.496 e. The Morgan fingerprint density at radius 1 is 1.47 bits per heavy atom. The van der Waals surface area contributed by atoms with E-state index in [1.807, 2.05) is 6.07 Å². The molecule has 2 N–H and O–H groups in total. The van der Waals surface area contributed by atoms with Crippen LogP contribution in [0.1, 0.15) is 30.9 Å². The molecule has 0 spiro atoms. The van der Waals surface area contributed by atoms with Crippen LogP contribution in [0.5, 0.6) is 5.75 Å². The normalized spacial score (nSPS) is 16.0. The van der Waals surface area contributed by atoms with E-state index in [0.717, 1.165) is 30.6 Å². The van der Waals surface area contributed by atoms with Crippen LogP contribution < -0.4 is 10.5 Å². The van der Waals surface area contributed by atoms with Crippen molar-refractivity contribution in [3.05, 3.63) is 29.3 Å². The molecule has 1 saturated carbocycles. The SMILES string of the molecule is CCc1ccc(OC)c(CN(C)C(=O)C2(N)CC2)c1. The van der Waals surface area contributed by atoms with E-state index in [4.69, 9.17) is 10.5 Å². The van der Waals surface area contributed by atoms with Crippen molar-refractivity contribution < 1.29 is 9.53 Å². The van der Waals surface area contributed by atoms with Crippen LogP contribution in [0.2, 0.25) is 0 Å². The van der Waals surface area contributed by atoms with E-state index in [1.54, 1.807) is 19.1 Å². The highest BCUT2D eigenvalue weighted by atomic mass is 16.5. The third-order valence-electron chi connectivity index (χ3n) is 3.72. The van der Waals surface area contributed by atoms with Gasteiger partial charge in [0.25, 0.3) is 0 Å². The molecule has 19 heavy (non-hydrogen) atoms. The molecule has 2 rings (SSSR count). The third-order valence-corrected chi connectivity index (χ3v) is 3.72. The molecular weight excluding hydrogens is 240 g/mol. The molecular formula is C15H22N2O2. The average molecular weight is 262 g/mol. The molecule has 4 heteroatoms. The van der Waals surface area contributed by atoms with Crippen molar-refractivity contribution in [1.82, 2.24) is 4.90 Å². The number of hydrogen-bond acceptors (Lipinski definition) is 3. The molecule has 4 nitrogen and oxygen atoms in total. The molecule has 0 heterocycles. The molecule has 1 aromatic carbocycles. The lowest BCUT2D eigenvalue weighted by Gasteiger charge is -2.22. The van der Waals surface area contributed by atoms with Gasteiger partial charge in [0.15, 0.2) is 0 Å². The number of likely N-dealkylation sites (N-methyl/N-ethyl adjacent to an activating group) is 1. The van der Waals surface area contributed by atoms with Gasteiger partial charge >= 0.3 is 0 Å². The Morgan fingerprint density at radius 2 is 2.16 bits per heavy atom. The Labute approximate surface area is 114 Å². The topological polar surface area (TPSA) is 55.6 Å². The number of carbonyl (C=O) groups excluding carboxylic acids is 1. The minimum absolute atomic E-state index is 0.0245. The number of rotatable bonds is 5. The van der Waals surface area contributed by atoms with Crippen molar-refractivity contribution in [1.29, 1.82) is 0 Å². The number of benzene rings is 1. The molecule has 0 radical (unpaired) electrons. The second-order valence-electron chi connectivity index (χ2n) is 5.32. The molecule has 1 aliphatic carbocycles. The van der Waals surface area contributed by atoms with Crippen LogP contribution in [0, 0.1) is 0 Å². The van der Waals surface area contributed by atoms with Gasteiger partial charge in [-0.2, -0.15) is 0 Å². The minimum Gasteiger partial charge on any atom is -0.496 e. The van der Waals surface area contributed by atoms with Gasteiger partial charge in [-0.3, -0.25) is 4.79 Å². The van der Waals surface area contributed by atoms with Crippen LogP contribution in [0.15, 0.2) is 18.2 Å². The summed E-state index contributed by atoms with van der Waals surface area (Å²) >= 11 is 0. The van der Waals surface area contributed by atoms with Crippen molar-refractivity contribution in [3.63, 3.8) is 0 Å². The van der Waals surface area contributed by atoms with Gasteiger partial charge in [-0.15, -0.1) is 0 Å². The fourth-order valence-corrected chi connectivity index (χ4v) is 2.23. The zero-order valence-corrected chi connectivity index (χ0v) is 11.9. The van der Waals surface area contributed by atoms with Crippen LogP contribution in [0.3, 0.4) is 0 Å². The monoisotopic (exact) mass is 262 g/mol. The van der Waals surface area contributed by atoms with Crippen LogP contribution in [-0.4, -0.2) is 30.5 Å². The average Bonchev–Trinajstić information content (AvgIpc) is 3.16. The fraction of sp³-hybridized carbons (Fsp3) is 0.533. The van der Waals surface area contributed by atoms with Crippen molar-refractivity contribution in [2.45, 2.75) is 38.3 Å². The molecule has 1 fully saturated rings. The standard InChI is InChI=1S/C15H22N2O2/c1-4-11-5-6-13(19-3)12(9-11)10-17(2)14(18)15(16)7-8-15/h5-6,9H,4,7-8,10,16H2,1-3H3. The van der Waals surface area contributed by atoms with E-state index in [0.29, 0.717) is 6.54 Å². The first-order chi connectivity index (χ1) is 9.00. The lowest BCUT2D eigenvalue weighted by atomic mass is 10.1. The summed E-state index contributed by atoms with van der Waals surface area (Å²) < 4.78 is 5.36. The summed E-state index contributed by atoms with van der Waals surface area (Å²) in [7, 11) is 3.45. The highest BCUT2D eigenvalue weighted by molar-refractivity contribution is 5.88. The zero-order valence-electron chi connectivity index (χ0n) is 11.9. The molecule has 0 unspecified atom stereocenters. The van der Waals surface area contributed by atoms with Crippen LogP contribution >= 0.6 is 0 Å². The van der Waals surface area contributed by atoms with E-state index < -0.39 is 5.54 Å². The first-order valence-electron chi connectivity index (χ1n) is 6.70. The lowest BCUT2D eigenvalue weighted by molar-refractivity contribution is -0.132. The van der Waals surface area contributed by atoms with E-state index in [-0.39, 0.29) is 5.91 Å². The highest BCUT2D eigenvalue weighted by Gasteiger charge is 2.47. The number of methoxy groups -OCH3 is 1. The van der Waals surface area contributed by atoms with E-state index in [2.05, 4.69) is 19.1 Å². The Kier molecular flexibility index (Phi) is 3.80. The molecule has 0 aliphatic heterocycles. The van der Waals surface area contributed by atoms with Gasteiger partial charge in [-0.25, -0.2) is 0 Å². The molecule has 0 atom stereocenters. The van der Waals surface area contributed by atoms with Gasteiger partial charge in [0.05, 0.1) is 12.6 Å². The summed E-state index contributed by atoms with van der Waals surface area (Å²) in [4.78, 5) is 13.8.